The predicted octanol–water partition coefficient (Wildman–Crippen LogP) is 1.61. The average Bonchev–Trinajstić information content (AvgIpc) is 2.42. The minimum atomic E-state index is -0.0855. The molecule has 1 heterocycles. The van der Waals surface area contributed by atoms with Crippen LogP contribution in [0.3, 0.4) is 0 Å². The zero-order chi connectivity index (χ0) is 13.7. The first-order valence-electron chi connectivity index (χ1n) is 6.59. The molecule has 1 atom stereocenters. The average molecular weight is 261 g/mol. The van der Waals surface area contributed by atoms with E-state index in [1.165, 1.54) is 18.1 Å². The maximum absolute atomic E-state index is 11.5. The van der Waals surface area contributed by atoms with E-state index in [1.807, 2.05) is 12.1 Å². The molecule has 0 radical (unpaired) electrons. The van der Waals surface area contributed by atoms with E-state index in [0.717, 1.165) is 6.42 Å². The maximum Gasteiger partial charge on any atom is 0.220 e. The van der Waals surface area contributed by atoms with E-state index in [-0.39, 0.29) is 24.2 Å². The number of amides is 1. The highest BCUT2D eigenvalue weighted by molar-refractivity contribution is 5.83. The molecule has 2 rings (SSSR count). The molecule has 19 heavy (non-hydrogen) atoms. The van der Waals surface area contributed by atoms with Crippen LogP contribution in [-0.2, 0) is 27.4 Å². The second-order valence-corrected chi connectivity index (χ2v) is 4.91. The van der Waals surface area contributed by atoms with Gasteiger partial charge < -0.3 is 14.8 Å². The Bertz CT molecular complexity index is 470. The Labute approximate surface area is 113 Å². The van der Waals surface area contributed by atoms with Gasteiger partial charge in [-0.1, -0.05) is 24.3 Å². The highest BCUT2D eigenvalue weighted by Gasteiger charge is 2.19. The molecule has 0 aromatic heterocycles. The fourth-order valence-electron chi connectivity index (χ4n) is 2.15. The second kappa shape index (κ2) is 6.48. The summed E-state index contributed by atoms with van der Waals surface area (Å²) in [7, 11) is 0. The van der Waals surface area contributed by atoms with E-state index in [0.29, 0.717) is 19.6 Å². The summed E-state index contributed by atoms with van der Waals surface area (Å²) in [5.41, 5.74) is 2.51. The number of carbonyl (C=O) groups is 2. The first-order chi connectivity index (χ1) is 9.15. The fraction of sp³-hybridized carbons (Fsp3) is 0.467. The molecule has 0 saturated carbocycles. The first-order valence-corrected chi connectivity index (χ1v) is 6.59. The van der Waals surface area contributed by atoms with Crippen LogP contribution in [0.2, 0.25) is 0 Å². The first kappa shape index (κ1) is 13.7. The summed E-state index contributed by atoms with van der Waals surface area (Å²) >= 11 is 0. The normalized spacial score (nSPS) is 17.6. The van der Waals surface area contributed by atoms with Gasteiger partial charge >= 0.3 is 0 Å². The number of nitrogens with one attached hydrogen (secondary N) is 1. The number of ether oxygens (including phenoxy) is 1. The van der Waals surface area contributed by atoms with Gasteiger partial charge in [-0.15, -0.1) is 0 Å². The van der Waals surface area contributed by atoms with E-state index in [1.54, 1.807) is 0 Å². The van der Waals surface area contributed by atoms with Crippen LogP contribution in [0.25, 0.3) is 0 Å². The highest BCUT2D eigenvalue weighted by atomic mass is 16.5. The number of rotatable bonds is 5. The number of Topliss-reactive ketones (excluding diaryl/α,β-unsaturated/α-hetero) is 1. The molecule has 1 amide bonds. The summed E-state index contributed by atoms with van der Waals surface area (Å²) in [6.07, 6.45) is 1.42. The summed E-state index contributed by atoms with van der Waals surface area (Å²) in [5.74, 6) is -0.0457. The lowest BCUT2D eigenvalue weighted by molar-refractivity contribution is -0.125. The Kier molecular flexibility index (Phi) is 4.68. The van der Waals surface area contributed by atoms with Crippen molar-refractivity contribution in [3.63, 3.8) is 0 Å². The highest BCUT2D eigenvalue weighted by Crippen LogP contribution is 2.19. The Morgan fingerprint density at radius 1 is 1.26 bits per heavy atom. The molecule has 1 aromatic rings. The Hall–Kier alpha value is -1.68. The van der Waals surface area contributed by atoms with Crippen molar-refractivity contribution < 1.29 is 14.3 Å². The lowest BCUT2D eigenvalue weighted by atomic mass is 9.99. The van der Waals surface area contributed by atoms with E-state index >= 15 is 0 Å². The van der Waals surface area contributed by atoms with E-state index in [4.69, 9.17) is 4.74 Å². The topological polar surface area (TPSA) is 55.4 Å². The SMILES string of the molecule is CC(=O)CCC(=O)NCC1Cc2ccccc2CO1. The van der Waals surface area contributed by atoms with Crippen LogP contribution >= 0.6 is 0 Å². The van der Waals surface area contributed by atoms with Gasteiger partial charge in [-0.3, -0.25) is 4.79 Å². The van der Waals surface area contributed by atoms with Gasteiger partial charge in [0.1, 0.15) is 5.78 Å². The molecule has 4 heteroatoms. The van der Waals surface area contributed by atoms with Crippen LogP contribution in [0, 0.1) is 0 Å². The molecule has 4 nitrogen and oxygen atoms in total. The van der Waals surface area contributed by atoms with Crippen molar-refractivity contribution in [1.29, 1.82) is 0 Å². The molecule has 0 bridgehead atoms. The molecule has 0 aliphatic carbocycles. The van der Waals surface area contributed by atoms with Crippen molar-refractivity contribution in [2.45, 2.75) is 38.9 Å². The van der Waals surface area contributed by atoms with Crippen molar-refractivity contribution >= 4 is 11.7 Å². The molecule has 0 fully saturated rings. The number of benzene rings is 1. The third kappa shape index (κ3) is 4.17. The summed E-state index contributed by atoms with van der Waals surface area (Å²) in [6, 6.07) is 8.19. The Balaban J connectivity index is 1.76. The van der Waals surface area contributed by atoms with Crippen LogP contribution < -0.4 is 5.32 Å². The fourth-order valence-corrected chi connectivity index (χ4v) is 2.15. The third-order valence-electron chi connectivity index (χ3n) is 3.27. The molecule has 0 spiro atoms. The predicted molar refractivity (Wildman–Crippen MR) is 71.6 cm³/mol. The van der Waals surface area contributed by atoms with Crippen molar-refractivity contribution in [1.82, 2.24) is 5.32 Å². The number of fused-ring (bicyclic) bond motifs is 1. The number of hydrogen-bond donors (Lipinski definition) is 1. The lowest BCUT2D eigenvalue weighted by Crippen LogP contribution is -2.36. The van der Waals surface area contributed by atoms with Crippen molar-refractivity contribution in [2.75, 3.05) is 6.54 Å². The summed E-state index contributed by atoms with van der Waals surface area (Å²) < 4.78 is 5.70. The van der Waals surface area contributed by atoms with E-state index in [2.05, 4.69) is 17.4 Å². The quantitative estimate of drug-likeness (QED) is 0.876. The molecular formula is C15H19NO3. The van der Waals surface area contributed by atoms with E-state index in [9.17, 15) is 9.59 Å². The molecule has 102 valence electrons. The second-order valence-electron chi connectivity index (χ2n) is 4.91. The van der Waals surface area contributed by atoms with Crippen LogP contribution in [-0.4, -0.2) is 24.3 Å². The largest absolute Gasteiger partial charge is 0.371 e. The number of hydrogen-bond acceptors (Lipinski definition) is 3. The van der Waals surface area contributed by atoms with Gasteiger partial charge in [0.2, 0.25) is 5.91 Å². The standard InChI is InChI=1S/C15H19NO3/c1-11(17)6-7-15(18)16-9-14-8-12-4-2-3-5-13(12)10-19-14/h2-5,14H,6-10H2,1H3,(H,16,18). The van der Waals surface area contributed by atoms with Crippen molar-refractivity contribution in [3.8, 4) is 0 Å². The van der Waals surface area contributed by atoms with Gasteiger partial charge in [-0.05, 0) is 18.1 Å². The summed E-state index contributed by atoms with van der Waals surface area (Å²) in [5, 5.41) is 2.82. The molecule has 1 aliphatic heterocycles. The smallest absolute Gasteiger partial charge is 0.220 e. The van der Waals surface area contributed by atoms with Gasteiger partial charge in [-0.25, -0.2) is 0 Å². The van der Waals surface area contributed by atoms with Crippen molar-refractivity contribution in [2.24, 2.45) is 0 Å². The maximum atomic E-state index is 11.5. The Morgan fingerprint density at radius 3 is 2.74 bits per heavy atom. The third-order valence-corrected chi connectivity index (χ3v) is 3.27. The van der Waals surface area contributed by atoms with Crippen LogP contribution in [0.15, 0.2) is 24.3 Å². The van der Waals surface area contributed by atoms with Gasteiger partial charge in [0.05, 0.1) is 12.7 Å². The lowest BCUT2D eigenvalue weighted by Gasteiger charge is -2.25. The molecule has 1 unspecified atom stereocenters. The molecule has 0 saturated heterocycles. The molecular weight excluding hydrogens is 242 g/mol. The molecule has 1 aliphatic rings. The minimum absolute atomic E-state index is 0.0242. The zero-order valence-corrected chi connectivity index (χ0v) is 11.1. The minimum Gasteiger partial charge on any atom is -0.371 e. The van der Waals surface area contributed by atoms with E-state index < -0.39 is 0 Å². The number of carbonyl (C=O) groups excluding carboxylic acids is 2. The molecule has 1 aromatic carbocycles. The van der Waals surface area contributed by atoms with Crippen molar-refractivity contribution in [3.05, 3.63) is 35.4 Å². The van der Waals surface area contributed by atoms with Crippen LogP contribution in [0.1, 0.15) is 30.9 Å². The monoisotopic (exact) mass is 261 g/mol. The van der Waals surface area contributed by atoms with Crippen LogP contribution in [0.5, 0.6) is 0 Å². The summed E-state index contributed by atoms with van der Waals surface area (Å²) in [4.78, 5) is 22.3. The zero-order valence-electron chi connectivity index (χ0n) is 11.1. The van der Waals surface area contributed by atoms with Gasteiger partial charge in [0, 0.05) is 25.8 Å². The summed E-state index contributed by atoms with van der Waals surface area (Å²) in [6.45, 7) is 2.60. The Morgan fingerprint density at radius 2 is 2.00 bits per heavy atom. The molecule has 1 N–H and O–H groups in total. The van der Waals surface area contributed by atoms with Gasteiger partial charge in [0.25, 0.3) is 0 Å². The van der Waals surface area contributed by atoms with Gasteiger partial charge in [-0.2, -0.15) is 0 Å². The van der Waals surface area contributed by atoms with Gasteiger partial charge in [0.15, 0.2) is 0 Å². The van der Waals surface area contributed by atoms with Crippen LogP contribution in [0.4, 0.5) is 0 Å². The number of ketones is 1.